The van der Waals surface area contributed by atoms with Crippen molar-refractivity contribution in [3.8, 4) is 0 Å². The van der Waals surface area contributed by atoms with Crippen LogP contribution in [0, 0.1) is 0 Å². The summed E-state index contributed by atoms with van der Waals surface area (Å²) in [6.45, 7) is 0. The van der Waals surface area contributed by atoms with Crippen LogP contribution in [0.2, 0.25) is 0 Å². The van der Waals surface area contributed by atoms with Gasteiger partial charge in [-0.2, -0.15) is 5.10 Å². The monoisotopic (exact) mass is 291 g/mol. The Hall–Kier alpha value is -1.62. The molecule has 86 valence electrons. The van der Waals surface area contributed by atoms with E-state index in [4.69, 9.17) is 0 Å². The van der Waals surface area contributed by atoms with Gasteiger partial charge >= 0.3 is 0 Å². The van der Waals surface area contributed by atoms with E-state index in [0.29, 0.717) is 6.42 Å². The van der Waals surface area contributed by atoms with Crippen molar-refractivity contribution in [1.82, 2.24) is 10.2 Å². The fraction of sp³-hybridized carbons (Fsp3) is 0.167. The molecule has 1 aliphatic rings. The highest BCUT2D eigenvalue weighted by molar-refractivity contribution is 9.10. The van der Waals surface area contributed by atoms with Gasteiger partial charge in [0.15, 0.2) is 0 Å². The summed E-state index contributed by atoms with van der Waals surface area (Å²) in [5.41, 5.74) is 2.97. The molecule has 2 N–H and O–H groups in total. The molecule has 0 fully saturated rings. The standard InChI is InChI=1S/C12H10BrN3O/c13-7-1-2-8-9(10-3-4-14-16-10)6-12(17)15-11(8)5-7/h1-5,9H,6H2,(H,14,16)(H,15,17). The Morgan fingerprint density at radius 1 is 1.35 bits per heavy atom. The fourth-order valence-electron chi connectivity index (χ4n) is 2.18. The first-order chi connectivity index (χ1) is 8.24. The van der Waals surface area contributed by atoms with E-state index >= 15 is 0 Å². The van der Waals surface area contributed by atoms with Crippen molar-refractivity contribution in [3.05, 3.63) is 46.2 Å². The Balaban J connectivity index is 2.11. The summed E-state index contributed by atoms with van der Waals surface area (Å²) >= 11 is 3.41. The van der Waals surface area contributed by atoms with Crippen LogP contribution in [0.1, 0.15) is 23.6 Å². The van der Waals surface area contributed by atoms with E-state index in [2.05, 4.69) is 31.4 Å². The van der Waals surface area contributed by atoms with Crippen LogP contribution in [0.25, 0.3) is 0 Å². The second kappa shape index (κ2) is 4.00. The summed E-state index contributed by atoms with van der Waals surface area (Å²) < 4.78 is 0.960. The Labute approximate surface area is 107 Å². The SMILES string of the molecule is O=C1CC(c2ccn[nH]2)c2ccc(Br)cc2N1. The number of fused-ring (bicyclic) bond motifs is 1. The second-order valence-electron chi connectivity index (χ2n) is 4.05. The molecule has 17 heavy (non-hydrogen) atoms. The number of amides is 1. The topological polar surface area (TPSA) is 57.8 Å². The lowest BCUT2D eigenvalue weighted by atomic mass is 9.88. The van der Waals surface area contributed by atoms with Crippen LogP contribution in [0.3, 0.4) is 0 Å². The van der Waals surface area contributed by atoms with E-state index < -0.39 is 0 Å². The third-order valence-corrected chi connectivity index (χ3v) is 3.45. The quantitative estimate of drug-likeness (QED) is 0.849. The number of benzene rings is 1. The number of carbonyl (C=O) groups is 1. The third kappa shape index (κ3) is 1.86. The number of rotatable bonds is 1. The van der Waals surface area contributed by atoms with Gasteiger partial charge in [0.1, 0.15) is 0 Å². The molecule has 1 atom stereocenters. The van der Waals surface area contributed by atoms with E-state index in [0.717, 1.165) is 21.4 Å². The number of nitrogens with zero attached hydrogens (tertiary/aromatic N) is 1. The number of halogens is 1. The molecular formula is C12H10BrN3O. The molecule has 0 spiro atoms. The summed E-state index contributed by atoms with van der Waals surface area (Å²) in [6, 6.07) is 7.86. The maximum absolute atomic E-state index is 11.7. The van der Waals surface area contributed by atoms with Gasteiger partial charge < -0.3 is 5.32 Å². The molecule has 3 rings (SSSR count). The van der Waals surface area contributed by atoms with Crippen molar-refractivity contribution in [2.24, 2.45) is 0 Å². The van der Waals surface area contributed by atoms with Gasteiger partial charge in [-0.05, 0) is 23.8 Å². The van der Waals surface area contributed by atoms with Crippen LogP contribution in [0.4, 0.5) is 5.69 Å². The molecular weight excluding hydrogens is 282 g/mol. The van der Waals surface area contributed by atoms with Gasteiger partial charge in [0.05, 0.1) is 0 Å². The smallest absolute Gasteiger partial charge is 0.225 e. The minimum absolute atomic E-state index is 0.0372. The maximum Gasteiger partial charge on any atom is 0.225 e. The predicted octanol–water partition coefficient (Wildman–Crippen LogP) is 2.65. The summed E-state index contributed by atoms with van der Waals surface area (Å²) in [6.07, 6.45) is 2.16. The molecule has 0 saturated heterocycles. The number of hydrogen-bond donors (Lipinski definition) is 2. The van der Waals surface area contributed by atoms with Crippen molar-refractivity contribution >= 4 is 27.5 Å². The molecule has 1 aromatic heterocycles. The minimum atomic E-state index is 0.0372. The predicted molar refractivity (Wildman–Crippen MR) is 67.8 cm³/mol. The number of aromatic amines is 1. The number of aromatic nitrogens is 2. The number of anilines is 1. The second-order valence-corrected chi connectivity index (χ2v) is 4.96. The first kappa shape index (κ1) is 10.5. The zero-order chi connectivity index (χ0) is 11.8. The number of carbonyl (C=O) groups excluding carboxylic acids is 1. The Morgan fingerprint density at radius 2 is 2.24 bits per heavy atom. The highest BCUT2D eigenvalue weighted by Gasteiger charge is 2.27. The van der Waals surface area contributed by atoms with Gasteiger partial charge in [0, 0.05) is 34.4 Å². The maximum atomic E-state index is 11.7. The molecule has 0 bridgehead atoms. The Bertz CT molecular complexity index is 565. The lowest BCUT2D eigenvalue weighted by Crippen LogP contribution is -2.23. The zero-order valence-corrected chi connectivity index (χ0v) is 10.5. The number of H-pyrrole nitrogens is 1. The first-order valence-electron chi connectivity index (χ1n) is 5.32. The number of hydrogen-bond acceptors (Lipinski definition) is 2. The largest absolute Gasteiger partial charge is 0.326 e. The molecule has 1 amide bonds. The average Bonchev–Trinajstić information content (AvgIpc) is 2.80. The molecule has 0 saturated carbocycles. The van der Waals surface area contributed by atoms with Gasteiger partial charge in [0.2, 0.25) is 5.91 Å². The summed E-state index contributed by atoms with van der Waals surface area (Å²) in [7, 11) is 0. The van der Waals surface area contributed by atoms with E-state index in [1.807, 2.05) is 24.3 Å². The van der Waals surface area contributed by atoms with Crippen molar-refractivity contribution in [1.29, 1.82) is 0 Å². The summed E-state index contributed by atoms with van der Waals surface area (Å²) in [5.74, 6) is 0.101. The molecule has 1 aliphatic heterocycles. The van der Waals surface area contributed by atoms with E-state index in [1.54, 1.807) is 6.20 Å². The van der Waals surface area contributed by atoms with Crippen LogP contribution in [-0.4, -0.2) is 16.1 Å². The zero-order valence-electron chi connectivity index (χ0n) is 8.90. The normalized spacial score (nSPS) is 18.6. The van der Waals surface area contributed by atoms with Crippen LogP contribution in [0.5, 0.6) is 0 Å². The molecule has 1 unspecified atom stereocenters. The van der Waals surface area contributed by atoms with Crippen LogP contribution in [-0.2, 0) is 4.79 Å². The van der Waals surface area contributed by atoms with Gasteiger partial charge in [-0.1, -0.05) is 22.0 Å². The Morgan fingerprint density at radius 3 is 3.00 bits per heavy atom. The molecule has 0 radical (unpaired) electrons. The van der Waals surface area contributed by atoms with Gasteiger partial charge in [-0.25, -0.2) is 0 Å². The van der Waals surface area contributed by atoms with E-state index in [1.165, 1.54) is 0 Å². The molecule has 0 aliphatic carbocycles. The minimum Gasteiger partial charge on any atom is -0.326 e. The molecule has 4 nitrogen and oxygen atoms in total. The molecule has 2 heterocycles. The van der Waals surface area contributed by atoms with E-state index in [-0.39, 0.29) is 11.8 Å². The van der Waals surface area contributed by atoms with Crippen LogP contribution >= 0.6 is 15.9 Å². The Kier molecular flexibility index (Phi) is 2.48. The fourth-order valence-corrected chi connectivity index (χ4v) is 2.54. The van der Waals surface area contributed by atoms with Gasteiger partial charge in [-0.15, -0.1) is 0 Å². The average molecular weight is 292 g/mol. The highest BCUT2D eigenvalue weighted by atomic mass is 79.9. The van der Waals surface area contributed by atoms with E-state index in [9.17, 15) is 4.79 Å². The highest BCUT2D eigenvalue weighted by Crippen LogP contribution is 2.37. The lowest BCUT2D eigenvalue weighted by molar-refractivity contribution is -0.116. The van der Waals surface area contributed by atoms with Crippen LogP contribution in [0.15, 0.2) is 34.9 Å². The molecule has 1 aromatic carbocycles. The number of nitrogens with one attached hydrogen (secondary N) is 2. The van der Waals surface area contributed by atoms with Crippen LogP contribution < -0.4 is 5.32 Å². The van der Waals surface area contributed by atoms with Crippen molar-refractivity contribution < 1.29 is 4.79 Å². The lowest BCUT2D eigenvalue weighted by Gasteiger charge is -2.24. The van der Waals surface area contributed by atoms with Crippen molar-refractivity contribution in [2.45, 2.75) is 12.3 Å². The van der Waals surface area contributed by atoms with Gasteiger partial charge in [0.25, 0.3) is 0 Å². The van der Waals surface area contributed by atoms with Crippen molar-refractivity contribution in [2.75, 3.05) is 5.32 Å². The molecule has 5 heteroatoms. The molecule has 2 aromatic rings. The summed E-state index contributed by atoms with van der Waals surface area (Å²) in [4.78, 5) is 11.7. The van der Waals surface area contributed by atoms with Crippen molar-refractivity contribution in [3.63, 3.8) is 0 Å². The summed E-state index contributed by atoms with van der Waals surface area (Å²) in [5, 5.41) is 9.78. The van der Waals surface area contributed by atoms with Gasteiger partial charge in [-0.3, -0.25) is 9.89 Å². The third-order valence-electron chi connectivity index (χ3n) is 2.95. The first-order valence-corrected chi connectivity index (χ1v) is 6.12.